The summed E-state index contributed by atoms with van der Waals surface area (Å²) in [5.41, 5.74) is 12.8. The standard InChI is InChI=1S/C32H21Br.C20H13I.4C18H15P.C12H10BBrO2.CH4.Pd/c33-26-20-18-23(19-21-26)22-14-16-25(17-15-22)32-29-12-6-4-10-27(29)31(24-8-2-1-3-9-24)28-11-5-7-13-30(28)32;21-20-17-12-6-4-10-15(17)19(14-8-2-1-3-9-14)16-11-5-7-13-18(16)20;4*1-4-10-16(11-5-1)19(17-12-6-2-7-13-17)18-14-8-3-9-15-18;14-12-7-3-10(4-8-12)9-1-5-11(6-2-9)13(15)16;;/h1-21H;1-13H;4*1-15H;1-8,15-16H;1H4;. The van der Waals surface area contributed by atoms with Crippen LogP contribution in [0.1, 0.15) is 7.43 Å². The molecule has 0 bridgehead atoms. The van der Waals surface area contributed by atoms with Crippen LogP contribution in [0.3, 0.4) is 0 Å². The first-order chi connectivity index (χ1) is 72.1. The van der Waals surface area contributed by atoms with Crippen LogP contribution in [0.2, 0.25) is 0 Å². The van der Waals surface area contributed by atoms with Crippen LogP contribution >= 0.6 is 86.1 Å². The SMILES string of the molecule is Brc1ccc(-c2ccc(-c3c4ccccc4c(-c4ccccc4)c4ccccc34)cc2)cc1.C.Ic1c2ccccc2c(-c2ccccc2)c2ccccc12.OB(O)c1ccc(-c2ccc(Br)cc2)cc1.[Pd].c1ccc(P(c2ccccc2)c2ccccc2)cc1.c1ccc(P(c2ccccc2)c2ccccc2)cc1.c1ccc(P(c2ccccc2)c2ccccc2)cc1.c1ccc(P(c2ccccc2)c2ccccc2)cc1. The van der Waals surface area contributed by atoms with Crippen molar-refractivity contribution in [1.82, 2.24) is 0 Å². The number of benzene rings is 24. The first-order valence-corrected chi connectivity index (χ1v) is 56.7. The van der Waals surface area contributed by atoms with Gasteiger partial charge in [-0.1, -0.05) is 634 Å². The number of fused-ring (bicyclic) bond motifs is 4. The third-order valence-corrected chi connectivity index (χ3v) is 36.8. The Labute approximate surface area is 921 Å². The van der Waals surface area contributed by atoms with Gasteiger partial charge in [0.15, 0.2) is 0 Å². The van der Waals surface area contributed by atoms with Gasteiger partial charge in [0.05, 0.1) is 0 Å². The van der Waals surface area contributed by atoms with Gasteiger partial charge < -0.3 is 10.0 Å². The average molecular weight is 2310 g/mol. The molecule has 0 atom stereocenters. The summed E-state index contributed by atoms with van der Waals surface area (Å²) in [7, 11) is -3.19. The smallest absolute Gasteiger partial charge is 0.423 e. The minimum Gasteiger partial charge on any atom is -0.423 e. The van der Waals surface area contributed by atoms with Gasteiger partial charge in [-0.2, -0.15) is 0 Å². The molecule has 0 fully saturated rings. The molecule has 0 amide bonds. The summed E-state index contributed by atoms with van der Waals surface area (Å²) in [6.45, 7) is 0. The predicted molar refractivity (Wildman–Crippen MR) is 662 cm³/mol. The van der Waals surface area contributed by atoms with E-state index in [0.717, 1.165) is 20.1 Å². The van der Waals surface area contributed by atoms with Crippen molar-refractivity contribution < 1.29 is 30.5 Å². The second kappa shape index (κ2) is 55.4. The van der Waals surface area contributed by atoms with E-state index < -0.39 is 38.8 Å². The Kier molecular flexibility index (Phi) is 40.1. The molecule has 2 N–H and O–H groups in total. The van der Waals surface area contributed by atoms with E-state index in [0.29, 0.717) is 5.46 Å². The fourth-order valence-electron chi connectivity index (χ4n) is 18.0. The largest absolute Gasteiger partial charge is 0.488 e. The quantitative estimate of drug-likeness (QED) is 0.0389. The average Bonchev–Trinajstić information content (AvgIpc) is 0.733. The van der Waals surface area contributed by atoms with Crippen molar-refractivity contribution >= 4 is 205 Å². The summed E-state index contributed by atoms with van der Waals surface area (Å²) < 4.78 is 3.47. The molecule has 0 aliphatic carbocycles. The number of halogens is 3. The van der Waals surface area contributed by atoms with E-state index in [2.05, 4.69) is 625 Å². The van der Waals surface area contributed by atoms with Gasteiger partial charge in [-0.05, 0) is 246 Å². The fourth-order valence-corrected chi connectivity index (χ4v) is 28.7. The van der Waals surface area contributed by atoms with Crippen LogP contribution in [-0.2, 0) is 20.4 Å². The molecule has 0 heterocycles. The number of hydrogen-bond acceptors (Lipinski definition) is 2. The van der Waals surface area contributed by atoms with Crippen LogP contribution in [0.5, 0.6) is 0 Å². The van der Waals surface area contributed by atoms with E-state index in [-0.39, 0.29) is 27.8 Å². The molecule has 11 heteroatoms. The van der Waals surface area contributed by atoms with Crippen LogP contribution in [0.25, 0.3) is 98.7 Å². The van der Waals surface area contributed by atoms with E-state index in [1.54, 1.807) is 12.1 Å². The van der Waals surface area contributed by atoms with Gasteiger partial charge >= 0.3 is 7.12 Å². The molecular formula is C137H108BBr2IO2P4Pd. The summed E-state index contributed by atoms with van der Waals surface area (Å²) in [6.07, 6.45) is 0. The maximum absolute atomic E-state index is 8.97. The first-order valence-electron chi connectivity index (χ1n) is 48.6. The fraction of sp³-hybridized carbons (Fsp3) is 0.00730. The topological polar surface area (TPSA) is 40.5 Å². The van der Waals surface area contributed by atoms with E-state index in [9.17, 15) is 0 Å². The van der Waals surface area contributed by atoms with Gasteiger partial charge in [0.25, 0.3) is 0 Å². The van der Waals surface area contributed by atoms with Gasteiger partial charge in [-0.3, -0.25) is 0 Å². The first kappa shape index (κ1) is 107. The van der Waals surface area contributed by atoms with Crippen molar-refractivity contribution in [3.8, 4) is 55.6 Å². The third-order valence-electron chi connectivity index (χ3n) is 24.8. The van der Waals surface area contributed by atoms with Crippen molar-refractivity contribution in [3.05, 3.63) is 631 Å². The third kappa shape index (κ3) is 27.9. The molecule has 0 saturated heterocycles. The summed E-state index contributed by atoms with van der Waals surface area (Å²) in [5.74, 6) is 0. The molecule has 24 aromatic rings. The van der Waals surface area contributed by atoms with Crippen LogP contribution < -0.4 is 69.1 Å². The molecule has 24 rings (SSSR count). The Morgan fingerprint density at radius 1 is 0.155 bits per heavy atom. The molecule has 0 saturated carbocycles. The van der Waals surface area contributed by atoms with E-state index in [1.807, 2.05) is 36.4 Å². The summed E-state index contributed by atoms with van der Waals surface area (Å²) in [6, 6.07) is 218. The van der Waals surface area contributed by atoms with Gasteiger partial charge in [-0.25, -0.2) is 0 Å². The molecule has 148 heavy (non-hydrogen) atoms. The Hall–Kier alpha value is -13.6. The Morgan fingerprint density at radius 3 is 0.459 bits per heavy atom. The van der Waals surface area contributed by atoms with E-state index >= 15 is 0 Å². The maximum atomic E-state index is 8.97. The molecular weight excluding hydrogens is 2210 g/mol. The van der Waals surface area contributed by atoms with Crippen LogP contribution in [0.4, 0.5) is 0 Å². The van der Waals surface area contributed by atoms with Crippen molar-refractivity contribution in [3.63, 3.8) is 0 Å². The zero-order valence-corrected chi connectivity index (χ0v) is 91.1. The van der Waals surface area contributed by atoms with Crippen molar-refractivity contribution in [2.45, 2.75) is 7.43 Å². The number of rotatable bonds is 18. The van der Waals surface area contributed by atoms with Crippen molar-refractivity contribution in [2.75, 3.05) is 0 Å². The molecule has 0 aliphatic heterocycles. The molecule has 24 aromatic carbocycles. The van der Waals surface area contributed by atoms with Crippen LogP contribution in [0.15, 0.2) is 628 Å². The maximum Gasteiger partial charge on any atom is 0.488 e. The minimum atomic E-state index is -1.40. The van der Waals surface area contributed by atoms with Crippen LogP contribution in [-0.4, -0.2) is 17.2 Å². The molecule has 0 spiro atoms. The summed E-state index contributed by atoms with van der Waals surface area (Å²) in [4.78, 5) is 0. The molecule has 722 valence electrons. The monoisotopic (exact) mass is 2310 g/mol. The Balaban J connectivity index is 0.000000125. The van der Waals surface area contributed by atoms with Gasteiger partial charge in [0, 0.05) is 32.9 Å². The zero-order chi connectivity index (χ0) is 99.6. The second-order valence-electron chi connectivity index (χ2n) is 34.3. The minimum absolute atomic E-state index is 0. The second-order valence-corrected chi connectivity index (χ2v) is 46.1. The molecule has 0 radical (unpaired) electrons. The van der Waals surface area contributed by atoms with Crippen molar-refractivity contribution in [1.29, 1.82) is 0 Å². The molecule has 0 aromatic heterocycles. The van der Waals surface area contributed by atoms with E-state index in [1.165, 1.54) is 155 Å². The Bertz CT molecular complexity index is 7180. The summed E-state index contributed by atoms with van der Waals surface area (Å²) in [5, 5.41) is 45.2. The van der Waals surface area contributed by atoms with Gasteiger partial charge in [-0.15, -0.1) is 0 Å². The predicted octanol–water partition coefficient (Wildman–Crippen LogP) is 32.2. The zero-order valence-electron chi connectivity index (χ0n) is 80.6. The normalized spacial score (nSPS) is 10.6. The van der Waals surface area contributed by atoms with Gasteiger partial charge in [0.1, 0.15) is 0 Å². The van der Waals surface area contributed by atoms with E-state index in [4.69, 9.17) is 10.0 Å². The molecule has 0 aliphatic rings. The molecule has 0 unspecified atom stereocenters. The van der Waals surface area contributed by atoms with Crippen LogP contribution in [0, 0.1) is 3.57 Å². The molecule has 2 nitrogen and oxygen atoms in total. The summed E-state index contributed by atoms with van der Waals surface area (Å²) >= 11 is 9.38. The Morgan fingerprint density at radius 2 is 0.284 bits per heavy atom. The van der Waals surface area contributed by atoms with Crippen molar-refractivity contribution in [2.24, 2.45) is 0 Å². The van der Waals surface area contributed by atoms with Gasteiger partial charge in [0.2, 0.25) is 0 Å². The number of hydrogen-bond donors (Lipinski definition) is 2.